The lowest BCUT2D eigenvalue weighted by molar-refractivity contribution is -0.286. The van der Waals surface area contributed by atoms with Gasteiger partial charge in [0, 0.05) is 49.9 Å². The molecule has 20 heteroatoms. The minimum Gasteiger partial charge on any atom is -0.504 e. The number of fused-ring (bicyclic) bond motifs is 1. The number of carbonyl (C=O) groups excluding carboxylic acids is 2. The van der Waals surface area contributed by atoms with Crippen LogP contribution in [0.2, 0.25) is 5.02 Å². The van der Waals surface area contributed by atoms with Gasteiger partial charge in [0.2, 0.25) is 5.91 Å². The maximum Gasteiger partial charge on any atom is 0.586 e. The number of amidine groups is 1. The molecule has 15 nitrogen and oxygen atoms in total. The fourth-order valence-electron chi connectivity index (χ4n) is 6.34. The lowest BCUT2D eigenvalue weighted by atomic mass is 10.1. The van der Waals surface area contributed by atoms with Crippen molar-refractivity contribution in [3.05, 3.63) is 81.7 Å². The number of aliphatic imine (C=N–C) groups is 1. The van der Waals surface area contributed by atoms with Gasteiger partial charge in [0.25, 0.3) is 11.8 Å². The number of halogens is 5. The summed E-state index contributed by atoms with van der Waals surface area (Å²) in [6.45, 7) is 12.0. The van der Waals surface area contributed by atoms with Crippen molar-refractivity contribution in [1.82, 2.24) is 29.7 Å². The number of alkyl halides is 4. The molecule has 1 aromatic heterocycles. The van der Waals surface area contributed by atoms with Gasteiger partial charge in [-0.1, -0.05) is 38.4 Å². The molecular formula is C37H42ClF4N9O6. The minimum absolute atomic E-state index is 0.0840. The Hall–Kier alpha value is -5.69. The molecule has 2 aromatic carbocycles. The molecule has 0 spiro atoms. The van der Waals surface area contributed by atoms with Gasteiger partial charge in [0.15, 0.2) is 35.0 Å². The first kappa shape index (κ1) is 42.5. The lowest BCUT2D eigenvalue weighted by Crippen LogP contribution is -2.56. The van der Waals surface area contributed by atoms with E-state index in [1.54, 1.807) is 11.8 Å². The van der Waals surface area contributed by atoms with Crippen LogP contribution in [0, 0.1) is 6.92 Å². The summed E-state index contributed by atoms with van der Waals surface area (Å²) in [5.41, 5.74) is 1.00. The Balaban J connectivity index is 0.00000305. The van der Waals surface area contributed by atoms with Crippen molar-refractivity contribution in [2.75, 3.05) is 44.7 Å². The third-order valence-corrected chi connectivity index (χ3v) is 9.40. The van der Waals surface area contributed by atoms with Crippen LogP contribution < -0.4 is 14.8 Å². The highest BCUT2D eigenvalue weighted by Gasteiger charge is 2.44. The van der Waals surface area contributed by atoms with Crippen molar-refractivity contribution in [3.63, 3.8) is 0 Å². The highest BCUT2D eigenvalue weighted by molar-refractivity contribution is 6.33. The number of hydrogen-bond acceptors (Lipinski definition) is 12. The number of aromatic nitrogens is 2. The number of hydrazone groups is 1. The number of aliphatic hydroxyl groups is 1. The molecule has 3 aliphatic rings. The Morgan fingerprint density at radius 1 is 1.09 bits per heavy atom. The molecular weight excluding hydrogens is 778 g/mol. The first-order chi connectivity index (χ1) is 27.0. The third-order valence-electron chi connectivity index (χ3n) is 9.09. The summed E-state index contributed by atoms with van der Waals surface area (Å²) in [7, 11) is 0. The molecule has 0 radical (unpaired) electrons. The smallest absolute Gasteiger partial charge is 0.504 e. The SMILES string of the molecule is C=N/C(=N\N1CN(CC(=O)Nc2ccc(C(C)(F)F)cc2Cl)C(CC)=C(N2CCN(C(=O)c3ncnc(C)c3O)CC2)C1O)c1ccc2c(c1)OC(F)(F)O2.CC. The van der Waals surface area contributed by atoms with Gasteiger partial charge in [-0.15, -0.1) is 8.78 Å². The Bertz CT molecular complexity index is 2080. The molecule has 0 saturated carbocycles. The second-order valence-corrected chi connectivity index (χ2v) is 13.2. The van der Waals surface area contributed by atoms with Crippen molar-refractivity contribution < 1.29 is 46.8 Å². The summed E-state index contributed by atoms with van der Waals surface area (Å²) in [6.07, 6.45) is -3.78. The molecule has 3 aliphatic heterocycles. The number of nitrogens with one attached hydrogen (secondary N) is 1. The molecule has 1 fully saturated rings. The number of nitrogens with zero attached hydrogens (tertiary/aromatic N) is 8. The van der Waals surface area contributed by atoms with Gasteiger partial charge >= 0.3 is 6.29 Å². The zero-order chi connectivity index (χ0) is 41.8. The first-order valence-electron chi connectivity index (χ1n) is 17.9. The highest BCUT2D eigenvalue weighted by Crippen LogP contribution is 2.41. The van der Waals surface area contributed by atoms with Gasteiger partial charge in [-0.25, -0.2) is 28.8 Å². The summed E-state index contributed by atoms with van der Waals surface area (Å²) in [4.78, 5) is 43.6. The van der Waals surface area contributed by atoms with E-state index < -0.39 is 30.3 Å². The Morgan fingerprint density at radius 2 is 1.77 bits per heavy atom. The van der Waals surface area contributed by atoms with Gasteiger partial charge in [-0.05, 0) is 50.4 Å². The number of anilines is 1. The predicted molar refractivity (Wildman–Crippen MR) is 202 cm³/mol. The van der Waals surface area contributed by atoms with E-state index in [1.807, 2.05) is 25.7 Å². The van der Waals surface area contributed by atoms with Crippen molar-refractivity contribution in [1.29, 1.82) is 0 Å². The maximum atomic E-state index is 13.9. The molecule has 0 bridgehead atoms. The van der Waals surface area contributed by atoms with Gasteiger partial charge < -0.3 is 39.7 Å². The molecule has 4 heterocycles. The maximum absolute atomic E-state index is 13.9. The van der Waals surface area contributed by atoms with E-state index in [0.717, 1.165) is 19.1 Å². The van der Waals surface area contributed by atoms with Crippen LogP contribution in [0.15, 0.2) is 64.2 Å². The zero-order valence-corrected chi connectivity index (χ0v) is 32.5. The summed E-state index contributed by atoms with van der Waals surface area (Å²) >= 11 is 6.26. The molecule has 2 amide bonds. The van der Waals surface area contributed by atoms with Gasteiger partial charge in [0.05, 0.1) is 28.6 Å². The van der Waals surface area contributed by atoms with Gasteiger partial charge in [0.1, 0.15) is 13.0 Å². The molecule has 0 aliphatic carbocycles. The van der Waals surface area contributed by atoms with E-state index in [9.17, 15) is 37.4 Å². The second-order valence-electron chi connectivity index (χ2n) is 12.8. The van der Waals surface area contributed by atoms with Crippen LogP contribution in [0.4, 0.5) is 23.2 Å². The molecule has 6 rings (SSSR count). The topological polar surface area (TPSA) is 169 Å². The minimum atomic E-state index is -3.86. The average Bonchev–Trinajstić information content (AvgIpc) is 3.49. The molecule has 3 N–H and O–H groups in total. The largest absolute Gasteiger partial charge is 0.586 e. The molecule has 1 unspecified atom stereocenters. The van der Waals surface area contributed by atoms with E-state index in [4.69, 9.17) is 11.6 Å². The molecule has 306 valence electrons. The van der Waals surface area contributed by atoms with Crippen LogP contribution in [-0.4, -0.2) is 116 Å². The molecule has 1 atom stereocenters. The number of ether oxygens (including phenoxy) is 2. The highest BCUT2D eigenvalue weighted by atomic mass is 35.5. The van der Waals surface area contributed by atoms with E-state index >= 15 is 0 Å². The first-order valence-corrected chi connectivity index (χ1v) is 18.3. The number of amides is 2. The summed E-state index contributed by atoms with van der Waals surface area (Å²) < 4.78 is 64.3. The number of piperazine rings is 1. The van der Waals surface area contributed by atoms with E-state index in [2.05, 4.69) is 41.6 Å². The summed E-state index contributed by atoms with van der Waals surface area (Å²) in [5, 5.41) is 30.6. The van der Waals surface area contributed by atoms with E-state index in [-0.39, 0.29) is 95.7 Å². The van der Waals surface area contributed by atoms with Crippen LogP contribution in [0.5, 0.6) is 17.2 Å². The number of benzene rings is 2. The quantitative estimate of drug-likeness (QED) is 0.140. The van der Waals surface area contributed by atoms with Crippen molar-refractivity contribution in [2.45, 2.75) is 59.5 Å². The Morgan fingerprint density at radius 3 is 2.40 bits per heavy atom. The van der Waals surface area contributed by atoms with Crippen LogP contribution >= 0.6 is 11.6 Å². The number of rotatable bonds is 9. The van der Waals surface area contributed by atoms with Crippen LogP contribution in [-0.2, 0) is 10.7 Å². The summed E-state index contributed by atoms with van der Waals surface area (Å²) in [5.74, 6) is -5.10. The average molecular weight is 820 g/mol. The number of aryl methyl sites for hydroxylation is 1. The van der Waals surface area contributed by atoms with Crippen LogP contribution in [0.1, 0.15) is 61.4 Å². The zero-order valence-electron chi connectivity index (χ0n) is 31.8. The number of aliphatic hydroxyl groups excluding tert-OH is 1. The number of carbonyl (C=O) groups is 2. The number of aromatic hydroxyl groups is 1. The Labute approximate surface area is 330 Å². The fourth-order valence-corrected chi connectivity index (χ4v) is 6.57. The second kappa shape index (κ2) is 17.2. The number of allylic oxidation sites excluding steroid dienone is 1. The van der Waals surface area contributed by atoms with Crippen LogP contribution in [0.3, 0.4) is 0 Å². The summed E-state index contributed by atoms with van der Waals surface area (Å²) in [6, 6.07) is 7.39. The predicted octanol–water partition coefficient (Wildman–Crippen LogP) is 5.58. The van der Waals surface area contributed by atoms with Crippen molar-refractivity contribution in [3.8, 4) is 17.2 Å². The van der Waals surface area contributed by atoms with E-state index in [0.29, 0.717) is 17.8 Å². The molecule has 1 saturated heterocycles. The standard InChI is InChI=1S/C35H36ClF4N9O6.C2H6/c1-5-24-29(46-10-12-47(13-11-46)32(52)28-30(51)19(2)42-17-43-28)33(53)49(45-31(41-4)20-6-9-25-26(14-20)55-35(39,40)54-25)18-48(24)16-27(50)44-23-8-7-21(15-22(23)36)34(3,37)38;1-2/h6-9,14-15,17,33,51,53H,4-5,10-13,16,18H2,1-3H3,(H,44,50);1-2H3/b45-31-;. The van der Waals surface area contributed by atoms with E-state index in [1.165, 1.54) is 40.5 Å². The fraction of sp³-hybridized carbons (Fsp3) is 0.405. The van der Waals surface area contributed by atoms with Gasteiger partial charge in [-0.3, -0.25) is 9.59 Å². The van der Waals surface area contributed by atoms with Crippen LogP contribution in [0.25, 0.3) is 0 Å². The van der Waals surface area contributed by atoms with Crippen molar-refractivity contribution in [2.24, 2.45) is 10.1 Å². The third kappa shape index (κ3) is 9.31. The van der Waals surface area contributed by atoms with Crippen molar-refractivity contribution >= 4 is 41.7 Å². The van der Waals surface area contributed by atoms with Gasteiger partial charge in [-0.2, -0.15) is 5.10 Å². The molecule has 3 aromatic rings. The monoisotopic (exact) mass is 819 g/mol. The normalized spacial score (nSPS) is 17.9. The Kier molecular flexibility index (Phi) is 12.8. The lowest BCUT2D eigenvalue weighted by Gasteiger charge is -2.47. The molecule has 57 heavy (non-hydrogen) atoms. The number of hydrogen-bond donors (Lipinski definition) is 3.